The number of nitrogens with one attached hydrogen (secondary N) is 1. The maximum Gasteiger partial charge on any atom is 0.251 e. The zero-order valence-electron chi connectivity index (χ0n) is 18.5. The van der Waals surface area contributed by atoms with E-state index in [0.29, 0.717) is 43.0 Å². The number of hydrogen-bond donors (Lipinski definition) is 1. The Morgan fingerprint density at radius 3 is 2.52 bits per heavy atom. The summed E-state index contributed by atoms with van der Waals surface area (Å²) in [4.78, 5) is 19.0. The second-order valence-corrected chi connectivity index (χ2v) is 8.55. The molecule has 4 aromatic rings. The molecule has 1 amide bonds. The number of hydrogen-bond acceptors (Lipinski definition) is 6. The van der Waals surface area contributed by atoms with Crippen molar-refractivity contribution in [3.63, 3.8) is 0 Å². The van der Waals surface area contributed by atoms with Crippen LogP contribution in [0.3, 0.4) is 0 Å². The Balaban J connectivity index is 1.29. The highest BCUT2D eigenvalue weighted by molar-refractivity contribution is 5.94. The highest BCUT2D eigenvalue weighted by Gasteiger charge is 2.23. The van der Waals surface area contributed by atoms with Gasteiger partial charge in [0.2, 0.25) is 11.7 Å². The summed E-state index contributed by atoms with van der Waals surface area (Å²) >= 11 is 0. The van der Waals surface area contributed by atoms with Gasteiger partial charge in [-0.2, -0.15) is 4.98 Å². The fourth-order valence-corrected chi connectivity index (χ4v) is 3.64. The van der Waals surface area contributed by atoms with Gasteiger partial charge in [0.1, 0.15) is 5.76 Å². The molecule has 1 N–H and O–H groups in total. The molecule has 168 valence electrons. The van der Waals surface area contributed by atoms with Gasteiger partial charge in [0.05, 0.1) is 19.4 Å². The normalized spacial score (nSPS) is 13.4. The summed E-state index contributed by atoms with van der Waals surface area (Å²) in [5.41, 5.74) is 3.88. The Kier molecular flexibility index (Phi) is 6.04. The summed E-state index contributed by atoms with van der Waals surface area (Å²) in [5.74, 6) is 1.96. The van der Waals surface area contributed by atoms with Crippen LogP contribution in [0.2, 0.25) is 0 Å². The Morgan fingerprint density at radius 1 is 1.03 bits per heavy atom. The second-order valence-electron chi connectivity index (χ2n) is 8.55. The van der Waals surface area contributed by atoms with Gasteiger partial charge in [0.25, 0.3) is 5.91 Å². The fourth-order valence-electron chi connectivity index (χ4n) is 3.64. The quantitative estimate of drug-likeness (QED) is 0.403. The van der Waals surface area contributed by atoms with Gasteiger partial charge < -0.3 is 14.3 Å². The number of carbonyl (C=O) groups excluding carboxylic acids is 1. The molecule has 0 saturated heterocycles. The zero-order valence-corrected chi connectivity index (χ0v) is 18.5. The number of nitrogens with zero attached hydrogens (tertiary/aromatic N) is 3. The van der Waals surface area contributed by atoms with Gasteiger partial charge in [-0.05, 0) is 49.6 Å². The van der Waals surface area contributed by atoms with Crippen LogP contribution in [0.25, 0.3) is 11.4 Å². The molecule has 0 atom stereocenters. The monoisotopic (exact) mass is 442 g/mol. The molecular weight excluding hydrogens is 416 g/mol. The molecule has 0 radical (unpaired) electrons. The molecule has 7 heteroatoms. The Morgan fingerprint density at radius 2 is 1.82 bits per heavy atom. The van der Waals surface area contributed by atoms with Crippen molar-refractivity contribution in [2.75, 3.05) is 0 Å². The SMILES string of the molecule is Cc1ccc(-c2noc(CN(Cc3ccc(C(=O)NC4CC4)cc3)Cc3ccco3)n2)cc1. The maximum absolute atomic E-state index is 12.3. The molecule has 7 nitrogen and oxygen atoms in total. The van der Waals surface area contributed by atoms with E-state index in [2.05, 4.69) is 20.4 Å². The summed E-state index contributed by atoms with van der Waals surface area (Å²) in [5, 5.41) is 7.17. The van der Waals surface area contributed by atoms with E-state index in [1.807, 2.05) is 67.6 Å². The van der Waals surface area contributed by atoms with Crippen LogP contribution in [0.15, 0.2) is 75.9 Å². The van der Waals surface area contributed by atoms with E-state index < -0.39 is 0 Å². The van der Waals surface area contributed by atoms with Crippen LogP contribution in [-0.4, -0.2) is 27.0 Å². The molecule has 0 aliphatic heterocycles. The second kappa shape index (κ2) is 9.42. The van der Waals surface area contributed by atoms with Crippen molar-refractivity contribution >= 4 is 5.91 Å². The summed E-state index contributed by atoms with van der Waals surface area (Å²) in [6.45, 7) is 3.76. The molecule has 0 spiro atoms. The van der Waals surface area contributed by atoms with Crippen LogP contribution in [0.5, 0.6) is 0 Å². The molecule has 2 aromatic carbocycles. The number of furan rings is 1. The third kappa shape index (κ3) is 5.56. The fraction of sp³-hybridized carbons (Fsp3) is 0.269. The first-order valence-electron chi connectivity index (χ1n) is 11.2. The van der Waals surface area contributed by atoms with Gasteiger partial charge >= 0.3 is 0 Å². The summed E-state index contributed by atoms with van der Waals surface area (Å²) < 4.78 is 11.1. The minimum Gasteiger partial charge on any atom is -0.468 e. The first-order chi connectivity index (χ1) is 16.1. The number of carbonyl (C=O) groups is 1. The number of aromatic nitrogens is 2. The molecule has 33 heavy (non-hydrogen) atoms. The van der Waals surface area contributed by atoms with Crippen molar-refractivity contribution in [2.24, 2.45) is 0 Å². The van der Waals surface area contributed by atoms with Crippen molar-refractivity contribution in [3.05, 3.63) is 95.3 Å². The summed E-state index contributed by atoms with van der Waals surface area (Å²) in [6, 6.07) is 19.9. The third-order valence-electron chi connectivity index (χ3n) is 5.63. The van der Waals surface area contributed by atoms with E-state index >= 15 is 0 Å². The van der Waals surface area contributed by atoms with Crippen LogP contribution in [0, 0.1) is 6.92 Å². The van der Waals surface area contributed by atoms with Gasteiger partial charge in [-0.1, -0.05) is 47.1 Å². The molecule has 1 fully saturated rings. The van der Waals surface area contributed by atoms with Crippen molar-refractivity contribution in [1.82, 2.24) is 20.4 Å². The smallest absolute Gasteiger partial charge is 0.251 e. The predicted molar refractivity (Wildman–Crippen MR) is 123 cm³/mol. The Bertz CT molecular complexity index is 1190. The van der Waals surface area contributed by atoms with Crippen LogP contribution in [0.4, 0.5) is 0 Å². The van der Waals surface area contributed by atoms with E-state index in [0.717, 1.165) is 29.7 Å². The molecule has 2 heterocycles. The van der Waals surface area contributed by atoms with E-state index in [-0.39, 0.29) is 5.91 Å². The van der Waals surface area contributed by atoms with Gasteiger partial charge in [-0.3, -0.25) is 9.69 Å². The number of aryl methyl sites for hydroxylation is 1. The van der Waals surface area contributed by atoms with E-state index in [4.69, 9.17) is 8.94 Å². The van der Waals surface area contributed by atoms with Crippen LogP contribution >= 0.6 is 0 Å². The Labute approximate surface area is 192 Å². The van der Waals surface area contributed by atoms with E-state index in [1.54, 1.807) is 6.26 Å². The predicted octanol–water partition coefficient (Wildman–Crippen LogP) is 4.73. The van der Waals surface area contributed by atoms with E-state index in [9.17, 15) is 4.79 Å². The average Bonchev–Trinajstić information content (AvgIpc) is 3.27. The van der Waals surface area contributed by atoms with Gasteiger partial charge in [-0.25, -0.2) is 0 Å². The minimum absolute atomic E-state index is 0.00835. The summed E-state index contributed by atoms with van der Waals surface area (Å²) in [6.07, 6.45) is 3.82. The van der Waals surface area contributed by atoms with Crippen LogP contribution in [0.1, 0.15) is 46.0 Å². The lowest BCUT2D eigenvalue weighted by Crippen LogP contribution is -2.25. The zero-order chi connectivity index (χ0) is 22.6. The van der Waals surface area contributed by atoms with Crippen LogP contribution < -0.4 is 5.32 Å². The van der Waals surface area contributed by atoms with Crippen molar-refractivity contribution in [3.8, 4) is 11.4 Å². The van der Waals surface area contributed by atoms with Gasteiger partial charge in [0, 0.05) is 23.7 Å². The van der Waals surface area contributed by atoms with Crippen molar-refractivity contribution < 1.29 is 13.7 Å². The highest BCUT2D eigenvalue weighted by Crippen LogP contribution is 2.21. The first-order valence-corrected chi connectivity index (χ1v) is 11.2. The van der Waals surface area contributed by atoms with E-state index in [1.165, 1.54) is 5.56 Å². The minimum atomic E-state index is -0.00835. The molecule has 1 aliphatic rings. The standard InChI is InChI=1S/C26H26N4O3/c1-18-4-8-20(9-5-18)25-28-24(33-29-25)17-30(16-23-3-2-14-32-23)15-19-6-10-21(11-7-19)26(31)27-22-12-13-22/h2-11,14,22H,12-13,15-17H2,1H3,(H,27,31). The molecule has 0 unspecified atom stereocenters. The molecule has 1 aliphatic carbocycles. The lowest BCUT2D eigenvalue weighted by Gasteiger charge is -2.19. The highest BCUT2D eigenvalue weighted by atomic mass is 16.5. The van der Waals surface area contributed by atoms with Gasteiger partial charge in [0.15, 0.2) is 0 Å². The average molecular weight is 443 g/mol. The number of amides is 1. The molecule has 2 aromatic heterocycles. The first kappa shape index (κ1) is 21.2. The molecular formula is C26H26N4O3. The van der Waals surface area contributed by atoms with Gasteiger partial charge in [-0.15, -0.1) is 0 Å². The third-order valence-corrected chi connectivity index (χ3v) is 5.63. The molecule has 0 bridgehead atoms. The largest absolute Gasteiger partial charge is 0.468 e. The molecule has 5 rings (SSSR count). The Hall–Kier alpha value is -3.71. The maximum atomic E-state index is 12.3. The van der Waals surface area contributed by atoms with Crippen molar-refractivity contribution in [2.45, 2.75) is 45.4 Å². The number of rotatable bonds is 9. The topological polar surface area (TPSA) is 84.4 Å². The van der Waals surface area contributed by atoms with Crippen molar-refractivity contribution in [1.29, 1.82) is 0 Å². The molecule has 1 saturated carbocycles. The lowest BCUT2D eigenvalue weighted by atomic mass is 10.1. The number of benzene rings is 2. The lowest BCUT2D eigenvalue weighted by molar-refractivity contribution is 0.0951. The van der Waals surface area contributed by atoms with Crippen LogP contribution in [-0.2, 0) is 19.6 Å². The summed E-state index contributed by atoms with van der Waals surface area (Å²) in [7, 11) is 0.